The van der Waals surface area contributed by atoms with E-state index in [1.165, 1.54) is 68.6 Å². The van der Waals surface area contributed by atoms with Crippen LogP contribution in [0.2, 0.25) is 0 Å². The number of halogens is 1. The zero-order valence-electron chi connectivity index (χ0n) is 15.0. The first-order chi connectivity index (χ1) is 11.8. The Bertz CT molecular complexity index is 594. The molecule has 0 aliphatic rings. The number of benzene rings is 2. The molecule has 24 heavy (non-hydrogen) atoms. The first-order valence-electron chi connectivity index (χ1n) is 9.61. The third-order valence-electron chi connectivity index (χ3n) is 4.54. The topological polar surface area (TPSA) is 9.23 Å². The number of rotatable bonds is 12. The highest BCUT2D eigenvalue weighted by Gasteiger charge is 1.99. The summed E-state index contributed by atoms with van der Waals surface area (Å²) in [6.07, 6.45) is 13.6. The Labute approximate surface area is 155 Å². The predicted molar refractivity (Wildman–Crippen MR) is 109 cm³/mol. The van der Waals surface area contributed by atoms with E-state index in [9.17, 15) is 0 Å². The zero-order valence-corrected chi connectivity index (χ0v) is 16.6. The highest BCUT2D eigenvalue weighted by atomic mass is 79.9. The van der Waals surface area contributed by atoms with Crippen molar-refractivity contribution in [3.05, 3.63) is 40.9 Å². The second-order valence-electron chi connectivity index (χ2n) is 6.68. The molecule has 0 aliphatic heterocycles. The predicted octanol–water partition coefficient (Wildman–Crippen LogP) is 7.90. The summed E-state index contributed by atoms with van der Waals surface area (Å²) in [5, 5.41) is 2.48. The van der Waals surface area contributed by atoms with Crippen LogP contribution in [0, 0.1) is 0 Å². The lowest BCUT2D eigenvalue weighted by Crippen LogP contribution is -1.97. The summed E-state index contributed by atoms with van der Waals surface area (Å²) in [5.74, 6) is 0.987. The molecule has 0 aliphatic carbocycles. The quantitative estimate of drug-likeness (QED) is 0.334. The standard InChI is InChI=1S/C22H31BrO/c1-2-3-4-5-6-7-8-9-10-11-16-24-22-15-13-19-17-21(23)14-12-20(19)18-22/h12-15,17-18H,2-11,16H2,1H3. The maximum absolute atomic E-state index is 5.90. The highest BCUT2D eigenvalue weighted by molar-refractivity contribution is 9.10. The largest absolute Gasteiger partial charge is 0.494 e. The molecule has 0 heterocycles. The molecular formula is C22H31BrO. The van der Waals surface area contributed by atoms with Gasteiger partial charge in [-0.3, -0.25) is 0 Å². The monoisotopic (exact) mass is 390 g/mol. The van der Waals surface area contributed by atoms with Gasteiger partial charge in [-0.25, -0.2) is 0 Å². The summed E-state index contributed by atoms with van der Waals surface area (Å²) >= 11 is 3.51. The molecule has 0 unspecified atom stereocenters. The van der Waals surface area contributed by atoms with Crippen LogP contribution in [0.1, 0.15) is 71.1 Å². The highest BCUT2D eigenvalue weighted by Crippen LogP contribution is 2.24. The molecule has 0 fully saturated rings. The first kappa shape index (κ1) is 19.3. The van der Waals surface area contributed by atoms with Gasteiger partial charge >= 0.3 is 0 Å². The van der Waals surface area contributed by atoms with Crippen molar-refractivity contribution in [2.45, 2.75) is 71.1 Å². The van der Waals surface area contributed by atoms with Gasteiger partial charge in [0.2, 0.25) is 0 Å². The van der Waals surface area contributed by atoms with Crippen molar-refractivity contribution in [2.75, 3.05) is 6.61 Å². The Hall–Kier alpha value is -1.02. The number of fused-ring (bicyclic) bond motifs is 1. The third-order valence-corrected chi connectivity index (χ3v) is 5.03. The maximum atomic E-state index is 5.90. The van der Waals surface area contributed by atoms with Crippen LogP contribution < -0.4 is 4.74 Å². The van der Waals surface area contributed by atoms with Gasteiger partial charge in [0.25, 0.3) is 0 Å². The molecule has 0 atom stereocenters. The van der Waals surface area contributed by atoms with Gasteiger partial charge in [-0.05, 0) is 41.5 Å². The Morgan fingerprint density at radius 2 is 1.29 bits per heavy atom. The van der Waals surface area contributed by atoms with E-state index < -0.39 is 0 Å². The van der Waals surface area contributed by atoms with Gasteiger partial charge in [-0.15, -0.1) is 0 Å². The fourth-order valence-corrected chi connectivity index (χ4v) is 3.44. The molecule has 2 heteroatoms. The molecule has 0 bridgehead atoms. The zero-order chi connectivity index (χ0) is 17.0. The lowest BCUT2D eigenvalue weighted by Gasteiger charge is -2.08. The van der Waals surface area contributed by atoms with Gasteiger partial charge in [0, 0.05) is 4.47 Å². The number of hydrogen-bond acceptors (Lipinski definition) is 1. The van der Waals surface area contributed by atoms with E-state index in [-0.39, 0.29) is 0 Å². The summed E-state index contributed by atoms with van der Waals surface area (Å²) < 4.78 is 7.02. The fourth-order valence-electron chi connectivity index (χ4n) is 3.06. The SMILES string of the molecule is CCCCCCCCCCCCOc1ccc2cc(Br)ccc2c1. The van der Waals surface area contributed by atoms with Crippen LogP contribution in [0.25, 0.3) is 10.8 Å². The van der Waals surface area contributed by atoms with E-state index in [0.29, 0.717) is 0 Å². The van der Waals surface area contributed by atoms with E-state index in [0.717, 1.165) is 23.2 Å². The molecule has 0 radical (unpaired) electrons. The van der Waals surface area contributed by atoms with Gasteiger partial charge in [0.05, 0.1) is 6.61 Å². The van der Waals surface area contributed by atoms with Crippen LogP contribution in [0.15, 0.2) is 40.9 Å². The Morgan fingerprint density at radius 1 is 0.708 bits per heavy atom. The number of unbranched alkanes of at least 4 members (excludes halogenated alkanes) is 9. The summed E-state index contributed by atoms with van der Waals surface area (Å²) in [4.78, 5) is 0. The van der Waals surface area contributed by atoms with Gasteiger partial charge in [-0.2, -0.15) is 0 Å². The summed E-state index contributed by atoms with van der Waals surface area (Å²) in [7, 11) is 0. The minimum atomic E-state index is 0.832. The van der Waals surface area contributed by atoms with Crippen molar-refractivity contribution in [1.82, 2.24) is 0 Å². The summed E-state index contributed by atoms with van der Waals surface area (Å²) in [6, 6.07) is 12.7. The van der Waals surface area contributed by atoms with Gasteiger partial charge in [0.1, 0.15) is 5.75 Å². The number of hydrogen-bond donors (Lipinski definition) is 0. The van der Waals surface area contributed by atoms with E-state index >= 15 is 0 Å². The van der Waals surface area contributed by atoms with Crippen molar-refractivity contribution in [2.24, 2.45) is 0 Å². The Kier molecular flexibility index (Phi) is 9.27. The minimum Gasteiger partial charge on any atom is -0.494 e. The number of ether oxygens (including phenoxy) is 1. The molecule has 132 valence electrons. The van der Waals surface area contributed by atoms with Crippen LogP contribution in [0.5, 0.6) is 5.75 Å². The lowest BCUT2D eigenvalue weighted by molar-refractivity contribution is 0.304. The molecule has 0 spiro atoms. The van der Waals surface area contributed by atoms with Crippen LogP contribution in [0.3, 0.4) is 0 Å². The fraction of sp³-hybridized carbons (Fsp3) is 0.545. The maximum Gasteiger partial charge on any atom is 0.119 e. The lowest BCUT2D eigenvalue weighted by atomic mass is 10.1. The van der Waals surface area contributed by atoms with E-state index in [1.807, 2.05) is 0 Å². The van der Waals surface area contributed by atoms with E-state index in [4.69, 9.17) is 4.74 Å². The van der Waals surface area contributed by atoms with E-state index in [1.54, 1.807) is 0 Å². The molecule has 0 amide bonds. The Balaban J connectivity index is 1.54. The summed E-state index contributed by atoms with van der Waals surface area (Å²) in [6.45, 7) is 3.11. The van der Waals surface area contributed by atoms with Gasteiger partial charge in [0.15, 0.2) is 0 Å². The summed E-state index contributed by atoms with van der Waals surface area (Å²) in [5.41, 5.74) is 0. The Morgan fingerprint density at radius 3 is 2.00 bits per heavy atom. The average Bonchev–Trinajstić information content (AvgIpc) is 2.59. The normalized spacial score (nSPS) is 11.1. The van der Waals surface area contributed by atoms with Crippen molar-refractivity contribution < 1.29 is 4.74 Å². The minimum absolute atomic E-state index is 0.832. The second kappa shape index (κ2) is 11.5. The van der Waals surface area contributed by atoms with E-state index in [2.05, 4.69) is 59.3 Å². The second-order valence-corrected chi connectivity index (χ2v) is 7.60. The molecule has 1 nitrogen and oxygen atoms in total. The molecule has 2 rings (SSSR count). The van der Waals surface area contributed by atoms with Crippen LogP contribution >= 0.6 is 15.9 Å². The smallest absolute Gasteiger partial charge is 0.119 e. The molecule has 0 saturated heterocycles. The van der Waals surface area contributed by atoms with Crippen molar-refractivity contribution in [3.63, 3.8) is 0 Å². The van der Waals surface area contributed by atoms with Crippen LogP contribution in [0.4, 0.5) is 0 Å². The molecule has 2 aromatic rings. The molecule has 0 aromatic heterocycles. The average molecular weight is 391 g/mol. The van der Waals surface area contributed by atoms with Crippen molar-refractivity contribution >= 4 is 26.7 Å². The third kappa shape index (κ3) is 7.25. The molecule has 2 aromatic carbocycles. The van der Waals surface area contributed by atoms with Crippen molar-refractivity contribution in [1.29, 1.82) is 0 Å². The molecule has 0 N–H and O–H groups in total. The van der Waals surface area contributed by atoms with Crippen LogP contribution in [-0.2, 0) is 0 Å². The van der Waals surface area contributed by atoms with Crippen LogP contribution in [-0.4, -0.2) is 6.61 Å². The van der Waals surface area contributed by atoms with Gasteiger partial charge in [-0.1, -0.05) is 92.8 Å². The molecular weight excluding hydrogens is 360 g/mol. The van der Waals surface area contributed by atoms with Crippen molar-refractivity contribution in [3.8, 4) is 5.75 Å². The van der Waals surface area contributed by atoms with Gasteiger partial charge < -0.3 is 4.74 Å². The molecule has 0 saturated carbocycles. The first-order valence-corrected chi connectivity index (χ1v) is 10.4.